The number of rotatable bonds is 5. The molecular weight excluding hydrogens is 286 g/mol. The summed E-state index contributed by atoms with van der Waals surface area (Å²) in [4.78, 5) is 24.0. The first-order valence-corrected chi connectivity index (χ1v) is 7.36. The maximum Gasteiger partial charge on any atom is 0.408 e. The van der Waals surface area contributed by atoms with E-state index in [2.05, 4.69) is 10.4 Å². The number of carboxylic acid groups (broad SMARTS) is 1. The third kappa shape index (κ3) is 3.78. The third-order valence-electron chi connectivity index (χ3n) is 3.55. The van der Waals surface area contributed by atoms with Gasteiger partial charge in [-0.3, -0.25) is 4.68 Å². The molecule has 1 aromatic heterocycles. The number of aliphatic carboxylic acids is 1. The van der Waals surface area contributed by atoms with E-state index in [1.165, 1.54) is 0 Å². The van der Waals surface area contributed by atoms with Gasteiger partial charge in [-0.1, -0.05) is 0 Å². The smallest absolute Gasteiger partial charge is 0.408 e. The van der Waals surface area contributed by atoms with Gasteiger partial charge in [0.05, 0.1) is 12.7 Å². The average molecular weight is 309 g/mol. The van der Waals surface area contributed by atoms with E-state index in [4.69, 9.17) is 4.74 Å². The van der Waals surface area contributed by atoms with Crippen LogP contribution in [0.4, 0.5) is 4.79 Å². The Morgan fingerprint density at radius 2 is 2.09 bits per heavy atom. The number of alkyl carbamates (subject to hydrolysis) is 1. The Hall–Kier alpha value is -2.05. The lowest BCUT2D eigenvalue weighted by Crippen LogP contribution is -2.59. The second kappa shape index (κ2) is 5.62. The summed E-state index contributed by atoms with van der Waals surface area (Å²) in [5.41, 5.74) is -1.13. The molecule has 0 aromatic carbocycles. The summed E-state index contributed by atoms with van der Waals surface area (Å²) < 4.78 is 6.78. The minimum Gasteiger partial charge on any atom is -0.479 e. The van der Waals surface area contributed by atoms with Crippen LogP contribution in [0, 0.1) is 12.8 Å². The number of hydrogen-bond donors (Lipinski definition) is 2. The third-order valence-corrected chi connectivity index (χ3v) is 3.55. The summed E-state index contributed by atoms with van der Waals surface area (Å²) >= 11 is 0. The highest BCUT2D eigenvalue weighted by molar-refractivity contribution is 5.85. The minimum atomic E-state index is -1.39. The molecule has 1 aromatic rings. The van der Waals surface area contributed by atoms with Crippen LogP contribution in [-0.2, 0) is 16.1 Å². The summed E-state index contributed by atoms with van der Waals surface area (Å²) in [6.07, 6.45) is 4.24. The molecule has 0 radical (unpaired) electrons. The van der Waals surface area contributed by atoms with Crippen LogP contribution < -0.4 is 5.32 Å². The molecule has 0 bridgehead atoms. The van der Waals surface area contributed by atoms with E-state index in [9.17, 15) is 14.7 Å². The van der Waals surface area contributed by atoms with Crippen LogP contribution in [0.15, 0.2) is 12.4 Å². The van der Waals surface area contributed by atoms with Crippen LogP contribution in [0.3, 0.4) is 0 Å². The van der Waals surface area contributed by atoms with Crippen molar-refractivity contribution in [2.45, 2.75) is 58.2 Å². The molecule has 2 rings (SSSR count). The topological polar surface area (TPSA) is 93.5 Å². The van der Waals surface area contributed by atoms with Crippen molar-refractivity contribution >= 4 is 12.1 Å². The Morgan fingerprint density at radius 1 is 1.45 bits per heavy atom. The predicted molar refractivity (Wildman–Crippen MR) is 79.4 cm³/mol. The fourth-order valence-electron chi connectivity index (χ4n) is 2.44. The Labute approximate surface area is 129 Å². The first kappa shape index (κ1) is 16.3. The van der Waals surface area contributed by atoms with Gasteiger partial charge in [0, 0.05) is 6.20 Å². The number of nitrogens with zero attached hydrogens (tertiary/aromatic N) is 2. The van der Waals surface area contributed by atoms with Crippen molar-refractivity contribution in [1.82, 2.24) is 15.1 Å². The van der Waals surface area contributed by atoms with E-state index < -0.39 is 23.2 Å². The van der Waals surface area contributed by atoms with Gasteiger partial charge in [-0.15, -0.1) is 0 Å². The highest BCUT2D eigenvalue weighted by Crippen LogP contribution is 2.41. The van der Waals surface area contributed by atoms with Gasteiger partial charge in [0.1, 0.15) is 5.60 Å². The molecule has 1 unspecified atom stereocenters. The van der Waals surface area contributed by atoms with Gasteiger partial charge < -0.3 is 15.2 Å². The fraction of sp³-hybridized carbons (Fsp3) is 0.667. The molecule has 1 amide bonds. The van der Waals surface area contributed by atoms with Crippen molar-refractivity contribution < 1.29 is 19.4 Å². The van der Waals surface area contributed by atoms with Crippen molar-refractivity contribution in [2.75, 3.05) is 0 Å². The van der Waals surface area contributed by atoms with Crippen molar-refractivity contribution in [3.05, 3.63) is 18.0 Å². The zero-order valence-electron chi connectivity index (χ0n) is 13.4. The van der Waals surface area contributed by atoms with E-state index in [0.717, 1.165) is 18.4 Å². The van der Waals surface area contributed by atoms with Gasteiger partial charge >= 0.3 is 12.1 Å². The van der Waals surface area contributed by atoms with Gasteiger partial charge in [-0.25, -0.2) is 9.59 Å². The minimum absolute atomic E-state index is 0.0834. The Bertz CT molecular complexity index is 572. The van der Waals surface area contributed by atoms with Gasteiger partial charge in [0.25, 0.3) is 0 Å². The second-order valence-electron chi connectivity index (χ2n) is 6.89. The zero-order chi connectivity index (χ0) is 16.5. The monoisotopic (exact) mass is 309 g/mol. The van der Waals surface area contributed by atoms with Gasteiger partial charge in [0.2, 0.25) is 0 Å². The van der Waals surface area contributed by atoms with Gasteiger partial charge in [-0.05, 0) is 52.0 Å². The molecule has 0 aliphatic heterocycles. The molecule has 7 nitrogen and oxygen atoms in total. The lowest BCUT2D eigenvalue weighted by Gasteiger charge is -2.31. The normalized spacial score (nSPS) is 17.6. The number of amides is 1. The molecule has 0 saturated heterocycles. The molecule has 1 atom stereocenters. The molecule has 122 valence electrons. The summed E-state index contributed by atoms with van der Waals surface area (Å²) in [7, 11) is 0. The van der Waals surface area contributed by atoms with Crippen molar-refractivity contribution in [2.24, 2.45) is 5.92 Å². The molecule has 22 heavy (non-hydrogen) atoms. The molecule has 1 aliphatic carbocycles. The van der Waals surface area contributed by atoms with Crippen molar-refractivity contribution in [3.8, 4) is 0 Å². The van der Waals surface area contributed by atoms with Gasteiger partial charge in [-0.2, -0.15) is 5.10 Å². The second-order valence-corrected chi connectivity index (χ2v) is 6.89. The first-order valence-electron chi connectivity index (χ1n) is 7.36. The lowest BCUT2D eigenvalue weighted by molar-refractivity contribution is -0.146. The van der Waals surface area contributed by atoms with E-state index >= 15 is 0 Å². The summed E-state index contributed by atoms with van der Waals surface area (Å²) in [5.74, 6) is -1.17. The highest BCUT2D eigenvalue weighted by Gasteiger charge is 2.53. The Balaban J connectivity index is 2.21. The highest BCUT2D eigenvalue weighted by atomic mass is 16.6. The van der Waals surface area contributed by atoms with Crippen molar-refractivity contribution in [1.29, 1.82) is 0 Å². The number of carbonyl (C=O) groups excluding carboxylic acids is 1. The van der Waals surface area contributed by atoms with Crippen LogP contribution in [0.2, 0.25) is 0 Å². The average Bonchev–Trinajstić information content (AvgIpc) is 3.11. The summed E-state index contributed by atoms with van der Waals surface area (Å²) in [6.45, 7) is 7.18. The van der Waals surface area contributed by atoms with E-state index in [1.54, 1.807) is 37.8 Å². The number of ether oxygens (including phenoxy) is 1. The Kier molecular flexibility index (Phi) is 4.17. The van der Waals surface area contributed by atoms with Crippen LogP contribution >= 0.6 is 0 Å². The zero-order valence-corrected chi connectivity index (χ0v) is 13.4. The first-order chi connectivity index (χ1) is 10.1. The van der Waals surface area contributed by atoms with Crippen molar-refractivity contribution in [3.63, 3.8) is 0 Å². The largest absolute Gasteiger partial charge is 0.479 e. The molecule has 1 aliphatic rings. The molecule has 1 heterocycles. The van der Waals surface area contributed by atoms with Crippen LogP contribution in [0.5, 0.6) is 0 Å². The molecule has 1 saturated carbocycles. The number of aromatic nitrogens is 2. The maximum atomic E-state index is 12.1. The summed E-state index contributed by atoms with van der Waals surface area (Å²) in [5, 5.41) is 16.5. The molecule has 7 heteroatoms. The molecule has 2 N–H and O–H groups in total. The quantitative estimate of drug-likeness (QED) is 0.867. The Morgan fingerprint density at radius 3 is 2.50 bits per heavy atom. The fourth-order valence-corrected chi connectivity index (χ4v) is 2.44. The number of aryl methyl sites for hydroxylation is 1. The van der Waals surface area contributed by atoms with E-state index in [-0.39, 0.29) is 12.5 Å². The number of carbonyl (C=O) groups is 2. The number of nitrogens with one attached hydrogen (secondary N) is 1. The standard InChI is InChI=1S/C15H23N3O4/c1-10-7-16-18(8-10)9-15(12(19)20,11-5-6-11)17-13(21)22-14(2,3)4/h7-8,11H,5-6,9H2,1-4H3,(H,17,21)(H,19,20). The van der Waals surface area contributed by atoms with Crippen LogP contribution in [-0.4, -0.2) is 38.1 Å². The summed E-state index contributed by atoms with van der Waals surface area (Å²) in [6, 6.07) is 0. The number of hydrogen-bond acceptors (Lipinski definition) is 4. The van der Waals surface area contributed by atoms with E-state index in [1.807, 2.05) is 6.92 Å². The van der Waals surface area contributed by atoms with Gasteiger partial charge in [0.15, 0.2) is 5.54 Å². The lowest BCUT2D eigenvalue weighted by atomic mass is 9.93. The number of carboxylic acids is 1. The maximum absolute atomic E-state index is 12.1. The van der Waals surface area contributed by atoms with Crippen LogP contribution in [0.1, 0.15) is 39.2 Å². The van der Waals surface area contributed by atoms with E-state index in [0.29, 0.717) is 0 Å². The molecule has 0 spiro atoms. The SMILES string of the molecule is Cc1cnn(CC(NC(=O)OC(C)(C)C)(C(=O)O)C2CC2)c1. The molecular formula is C15H23N3O4. The molecule has 1 fully saturated rings. The van der Waals surface area contributed by atoms with Crippen LogP contribution in [0.25, 0.3) is 0 Å². The predicted octanol–water partition coefficient (Wildman–Crippen LogP) is 1.95.